The van der Waals surface area contributed by atoms with Crippen LogP contribution in [0, 0.1) is 24.0 Å². The maximum atomic E-state index is 12.8. The molecule has 2 aromatic carbocycles. The lowest BCUT2D eigenvalue weighted by Gasteiger charge is -2.09. The number of thiophene rings is 1. The molecule has 0 aliphatic heterocycles. The van der Waals surface area contributed by atoms with Crippen LogP contribution in [0.15, 0.2) is 42.5 Å². The first-order chi connectivity index (χ1) is 15.3. The summed E-state index contributed by atoms with van der Waals surface area (Å²) in [6.07, 6.45) is 0. The summed E-state index contributed by atoms with van der Waals surface area (Å²) in [5.41, 5.74) is 2.07. The Morgan fingerprint density at radius 2 is 1.81 bits per heavy atom. The van der Waals surface area contributed by atoms with Crippen LogP contribution in [0.2, 0.25) is 0 Å². The van der Waals surface area contributed by atoms with Crippen molar-refractivity contribution in [2.75, 3.05) is 19.0 Å². The summed E-state index contributed by atoms with van der Waals surface area (Å²) in [6.45, 7) is 5.87. The third kappa shape index (κ3) is 4.62. The quantitative estimate of drug-likeness (QED) is 0.292. The Hall–Kier alpha value is -3.72. The number of ether oxygens (including phenoxy) is 2. The fraction of sp³-hybridized carbons (Fsp3) is 0.217. The third-order valence-corrected chi connectivity index (χ3v) is 5.84. The van der Waals surface area contributed by atoms with Crippen LogP contribution in [-0.2, 0) is 4.74 Å². The Kier molecular flexibility index (Phi) is 6.89. The number of nitro benzene ring substituents is 1. The van der Waals surface area contributed by atoms with Crippen LogP contribution in [0.4, 0.5) is 10.7 Å². The molecule has 0 aliphatic carbocycles. The van der Waals surface area contributed by atoms with Gasteiger partial charge in [0.25, 0.3) is 11.6 Å². The van der Waals surface area contributed by atoms with Gasteiger partial charge in [-0.25, -0.2) is 4.79 Å². The molecular weight excluding hydrogens is 432 g/mol. The maximum absolute atomic E-state index is 12.8. The smallest absolute Gasteiger partial charge is 0.341 e. The summed E-state index contributed by atoms with van der Waals surface area (Å²) in [4.78, 5) is 37.0. The van der Waals surface area contributed by atoms with Crippen molar-refractivity contribution >= 4 is 33.9 Å². The van der Waals surface area contributed by atoms with E-state index in [-0.39, 0.29) is 16.8 Å². The van der Waals surface area contributed by atoms with Gasteiger partial charge in [-0.3, -0.25) is 14.9 Å². The van der Waals surface area contributed by atoms with Gasteiger partial charge in [-0.05, 0) is 44.5 Å². The molecule has 0 atom stereocenters. The van der Waals surface area contributed by atoms with Crippen molar-refractivity contribution < 1.29 is 24.0 Å². The van der Waals surface area contributed by atoms with E-state index in [0.29, 0.717) is 28.5 Å². The number of esters is 1. The van der Waals surface area contributed by atoms with Crippen LogP contribution >= 0.6 is 11.3 Å². The van der Waals surface area contributed by atoms with Gasteiger partial charge in [-0.1, -0.05) is 18.2 Å². The zero-order valence-corrected chi connectivity index (χ0v) is 18.9. The van der Waals surface area contributed by atoms with E-state index in [1.807, 2.05) is 26.0 Å². The number of anilines is 1. The van der Waals surface area contributed by atoms with Crippen molar-refractivity contribution in [1.82, 2.24) is 0 Å². The van der Waals surface area contributed by atoms with Crippen molar-refractivity contribution in [2.24, 2.45) is 0 Å². The monoisotopic (exact) mass is 454 g/mol. The SMILES string of the molecule is CCOc1ccc(-c2c(C)sc(NC(=O)c3ccc(C)c([N+](=O)[O-])c3)c2C(=O)OC)cc1. The van der Waals surface area contributed by atoms with E-state index < -0.39 is 16.8 Å². The second-order valence-electron chi connectivity index (χ2n) is 6.90. The van der Waals surface area contributed by atoms with Crippen LogP contribution < -0.4 is 10.1 Å². The highest BCUT2D eigenvalue weighted by atomic mass is 32.1. The molecule has 3 aromatic rings. The van der Waals surface area contributed by atoms with Gasteiger partial charge in [0, 0.05) is 27.6 Å². The van der Waals surface area contributed by atoms with E-state index in [0.717, 1.165) is 10.4 Å². The Balaban J connectivity index is 2.01. The molecule has 166 valence electrons. The van der Waals surface area contributed by atoms with Gasteiger partial charge < -0.3 is 14.8 Å². The molecular formula is C23H22N2O6S. The first-order valence-corrected chi connectivity index (χ1v) is 10.6. The van der Waals surface area contributed by atoms with Gasteiger partial charge in [0.1, 0.15) is 16.3 Å². The number of benzene rings is 2. The zero-order chi connectivity index (χ0) is 23.4. The summed E-state index contributed by atoms with van der Waals surface area (Å²) < 4.78 is 10.4. The highest BCUT2D eigenvalue weighted by Gasteiger charge is 2.26. The average Bonchev–Trinajstić information content (AvgIpc) is 3.09. The molecule has 0 aliphatic rings. The van der Waals surface area contributed by atoms with Gasteiger partial charge in [0.2, 0.25) is 0 Å². The number of hydrogen-bond donors (Lipinski definition) is 1. The molecule has 8 nitrogen and oxygen atoms in total. The number of carbonyl (C=O) groups is 2. The van der Waals surface area contributed by atoms with Crippen molar-refractivity contribution in [2.45, 2.75) is 20.8 Å². The van der Waals surface area contributed by atoms with E-state index in [1.165, 1.54) is 36.6 Å². The number of hydrogen-bond acceptors (Lipinski definition) is 7. The van der Waals surface area contributed by atoms with E-state index in [9.17, 15) is 19.7 Å². The number of carbonyl (C=O) groups excluding carboxylic acids is 2. The first kappa shape index (κ1) is 23.0. The Morgan fingerprint density at radius 3 is 2.41 bits per heavy atom. The second-order valence-corrected chi connectivity index (χ2v) is 8.12. The van der Waals surface area contributed by atoms with Crippen molar-refractivity contribution in [1.29, 1.82) is 0 Å². The van der Waals surface area contributed by atoms with Crippen LogP contribution in [0.3, 0.4) is 0 Å². The molecule has 0 unspecified atom stereocenters. The fourth-order valence-corrected chi connectivity index (χ4v) is 4.34. The first-order valence-electron chi connectivity index (χ1n) is 9.78. The number of nitro groups is 1. The number of rotatable bonds is 7. The number of aryl methyl sites for hydroxylation is 2. The van der Waals surface area contributed by atoms with Gasteiger partial charge in [0.15, 0.2) is 0 Å². The molecule has 32 heavy (non-hydrogen) atoms. The average molecular weight is 455 g/mol. The van der Waals surface area contributed by atoms with E-state index in [2.05, 4.69) is 5.32 Å². The molecule has 0 spiro atoms. The third-order valence-electron chi connectivity index (χ3n) is 4.82. The lowest BCUT2D eigenvalue weighted by molar-refractivity contribution is -0.385. The largest absolute Gasteiger partial charge is 0.494 e. The number of methoxy groups -OCH3 is 1. The van der Waals surface area contributed by atoms with E-state index >= 15 is 0 Å². The van der Waals surface area contributed by atoms with Crippen LogP contribution in [0.25, 0.3) is 11.1 Å². The summed E-state index contributed by atoms with van der Waals surface area (Å²) in [7, 11) is 1.27. The molecule has 3 rings (SSSR count). The minimum atomic E-state index is -0.594. The topological polar surface area (TPSA) is 108 Å². The number of amides is 1. The molecule has 0 bridgehead atoms. The van der Waals surface area contributed by atoms with Crippen LogP contribution in [-0.4, -0.2) is 30.5 Å². The summed E-state index contributed by atoms with van der Waals surface area (Å²) in [6, 6.07) is 11.5. The fourth-order valence-electron chi connectivity index (χ4n) is 3.28. The minimum Gasteiger partial charge on any atom is -0.494 e. The Bertz CT molecular complexity index is 1180. The molecule has 1 N–H and O–H groups in total. The highest BCUT2D eigenvalue weighted by molar-refractivity contribution is 7.17. The molecule has 0 fully saturated rings. The summed E-state index contributed by atoms with van der Waals surface area (Å²) in [5.74, 6) is -0.445. The standard InChI is InChI=1S/C23H22N2O6S/c1-5-31-17-10-8-15(9-11-17)19-14(3)32-22(20(19)23(27)30-4)24-21(26)16-7-6-13(2)18(12-16)25(28)29/h6-12H,5H2,1-4H3,(H,24,26). The molecule has 1 aromatic heterocycles. The molecule has 0 saturated heterocycles. The zero-order valence-electron chi connectivity index (χ0n) is 18.1. The molecule has 0 radical (unpaired) electrons. The van der Waals surface area contributed by atoms with Gasteiger partial charge in [-0.15, -0.1) is 11.3 Å². The van der Waals surface area contributed by atoms with Crippen molar-refractivity contribution in [3.05, 3.63) is 74.1 Å². The van der Waals surface area contributed by atoms with E-state index in [1.54, 1.807) is 19.1 Å². The highest BCUT2D eigenvalue weighted by Crippen LogP contribution is 2.41. The molecule has 0 saturated carbocycles. The van der Waals surface area contributed by atoms with Gasteiger partial charge >= 0.3 is 5.97 Å². The lowest BCUT2D eigenvalue weighted by Crippen LogP contribution is -2.14. The van der Waals surface area contributed by atoms with Crippen molar-refractivity contribution in [3.8, 4) is 16.9 Å². The van der Waals surface area contributed by atoms with E-state index in [4.69, 9.17) is 9.47 Å². The lowest BCUT2D eigenvalue weighted by atomic mass is 10.0. The minimum absolute atomic E-state index is 0.117. The Labute approximate surface area is 188 Å². The van der Waals surface area contributed by atoms with Crippen LogP contribution in [0.5, 0.6) is 5.75 Å². The summed E-state index contributed by atoms with van der Waals surface area (Å²) in [5, 5.41) is 14.2. The maximum Gasteiger partial charge on any atom is 0.341 e. The number of nitrogens with one attached hydrogen (secondary N) is 1. The summed E-state index contributed by atoms with van der Waals surface area (Å²) >= 11 is 1.23. The predicted molar refractivity (Wildman–Crippen MR) is 123 cm³/mol. The van der Waals surface area contributed by atoms with Gasteiger partial charge in [0.05, 0.1) is 18.6 Å². The molecule has 1 amide bonds. The Morgan fingerprint density at radius 1 is 1.12 bits per heavy atom. The predicted octanol–water partition coefficient (Wildman–Crippen LogP) is 5.38. The van der Waals surface area contributed by atoms with Crippen molar-refractivity contribution in [3.63, 3.8) is 0 Å². The number of nitrogens with zero attached hydrogens (tertiary/aromatic N) is 1. The normalized spacial score (nSPS) is 10.5. The van der Waals surface area contributed by atoms with Crippen LogP contribution in [0.1, 0.15) is 38.1 Å². The molecule has 1 heterocycles. The second kappa shape index (κ2) is 9.61. The van der Waals surface area contributed by atoms with Gasteiger partial charge in [-0.2, -0.15) is 0 Å². The molecule has 9 heteroatoms.